The Morgan fingerprint density at radius 1 is 1.05 bits per heavy atom. The third-order valence-electron chi connectivity index (χ3n) is 3.30. The predicted molar refractivity (Wildman–Crippen MR) is 78.1 cm³/mol. The second-order valence-corrected chi connectivity index (χ2v) is 4.84. The van der Waals surface area contributed by atoms with Crippen LogP contribution in [0.15, 0.2) is 72.3 Å². The number of carbonyl (C=O) groups is 1. The summed E-state index contributed by atoms with van der Waals surface area (Å²) in [5.41, 5.74) is 2.57. The summed E-state index contributed by atoms with van der Waals surface area (Å²) in [6.45, 7) is 1.58. The molecule has 0 aliphatic rings. The van der Waals surface area contributed by atoms with Crippen LogP contribution < -0.4 is 5.11 Å². The molecule has 0 N–H and O–H groups in total. The molecule has 2 heteroatoms. The molecule has 1 unspecified atom stereocenters. The van der Waals surface area contributed by atoms with Gasteiger partial charge in [0.15, 0.2) is 0 Å². The fourth-order valence-electron chi connectivity index (χ4n) is 2.21. The Bertz CT molecular complexity index is 585. The molecule has 1 atom stereocenters. The molecule has 0 radical (unpaired) electrons. The highest BCUT2D eigenvalue weighted by Gasteiger charge is 2.10. The summed E-state index contributed by atoms with van der Waals surface area (Å²) in [5.74, 6) is -1.07. The molecular weight excluding hydrogens is 248 g/mol. The SMILES string of the molecule is C/C(=C\C(Cc1ccccc1)c1ccccc1)C(=O)[O-]. The van der Waals surface area contributed by atoms with E-state index in [4.69, 9.17) is 0 Å². The minimum atomic E-state index is -1.11. The summed E-state index contributed by atoms with van der Waals surface area (Å²) in [6.07, 6.45) is 2.55. The molecule has 0 spiro atoms. The number of rotatable bonds is 5. The van der Waals surface area contributed by atoms with Crippen molar-refractivity contribution in [2.45, 2.75) is 19.3 Å². The first-order valence-electron chi connectivity index (χ1n) is 6.65. The second kappa shape index (κ2) is 6.71. The van der Waals surface area contributed by atoms with E-state index in [-0.39, 0.29) is 11.5 Å². The van der Waals surface area contributed by atoms with Gasteiger partial charge in [-0.1, -0.05) is 66.7 Å². The van der Waals surface area contributed by atoms with Gasteiger partial charge in [-0.3, -0.25) is 0 Å². The van der Waals surface area contributed by atoms with Gasteiger partial charge in [0.2, 0.25) is 0 Å². The summed E-state index contributed by atoms with van der Waals surface area (Å²) in [6, 6.07) is 20.0. The first-order valence-corrected chi connectivity index (χ1v) is 6.65. The molecule has 0 aliphatic heterocycles. The van der Waals surface area contributed by atoms with Gasteiger partial charge in [-0.25, -0.2) is 0 Å². The fraction of sp³-hybridized carbons (Fsp3) is 0.167. The van der Waals surface area contributed by atoms with Crippen LogP contribution in [0.2, 0.25) is 0 Å². The van der Waals surface area contributed by atoms with Gasteiger partial charge in [-0.2, -0.15) is 0 Å². The number of benzene rings is 2. The van der Waals surface area contributed by atoms with Crippen molar-refractivity contribution in [2.24, 2.45) is 0 Å². The largest absolute Gasteiger partial charge is 0.545 e. The molecular formula is C18H17O2-. The minimum Gasteiger partial charge on any atom is -0.545 e. The van der Waals surface area contributed by atoms with Crippen LogP contribution in [0, 0.1) is 0 Å². The number of carbonyl (C=O) groups excluding carboxylic acids is 1. The van der Waals surface area contributed by atoms with Crippen molar-refractivity contribution < 1.29 is 9.90 Å². The maximum atomic E-state index is 10.9. The number of allylic oxidation sites excluding steroid dienone is 1. The van der Waals surface area contributed by atoms with E-state index < -0.39 is 5.97 Å². The molecule has 2 aromatic rings. The van der Waals surface area contributed by atoms with Crippen LogP contribution in [0.5, 0.6) is 0 Å². The fourth-order valence-corrected chi connectivity index (χ4v) is 2.21. The summed E-state index contributed by atoms with van der Waals surface area (Å²) >= 11 is 0. The lowest BCUT2D eigenvalue weighted by Crippen LogP contribution is -2.23. The van der Waals surface area contributed by atoms with Gasteiger partial charge in [0.05, 0.1) is 5.97 Å². The highest BCUT2D eigenvalue weighted by Crippen LogP contribution is 2.23. The summed E-state index contributed by atoms with van der Waals surface area (Å²) < 4.78 is 0. The Labute approximate surface area is 119 Å². The van der Waals surface area contributed by atoms with Crippen molar-refractivity contribution in [3.63, 3.8) is 0 Å². The van der Waals surface area contributed by atoms with Crippen LogP contribution in [0.3, 0.4) is 0 Å². The zero-order valence-electron chi connectivity index (χ0n) is 11.5. The maximum Gasteiger partial charge on any atom is 0.0669 e. The van der Waals surface area contributed by atoms with Crippen molar-refractivity contribution in [1.82, 2.24) is 0 Å². The first-order chi connectivity index (χ1) is 9.66. The lowest BCUT2D eigenvalue weighted by molar-refractivity contribution is -0.299. The lowest BCUT2D eigenvalue weighted by atomic mass is 9.90. The van der Waals surface area contributed by atoms with Crippen LogP contribution in [0.25, 0.3) is 0 Å². The number of carboxylic acids is 1. The van der Waals surface area contributed by atoms with E-state index in [0.717, 1.165) is 12.0 Å². The molecule has 2 aromatic carbocycles. The number of hydrogen-bond donors (Lipinski definition) is 0. The van der Waals surface area contributed by atoms with Gasteiger partial charge < -0.3 is 9.90 Å². The van der Waals surface area contributed by atoms with E-state index in [1.165, 1.54) is 5.56 Å². The maximum absolute atomic E-state index is 10.9. The Morgan fingerprint density at radius 3 is 2.15 bits per heavy atom. The van der Waals surface area contributed by atoms with Crippen LogP contribution in [-0.2, 0) is 11.2 Å². The van der Waals surface area contributed by atoms with Crippen LogP contribution in [-0.4, -0.2) is 5.97 Å². The van der Waals surface area contributed by atoms with E-state index in [2.05, 4.69) is 12.1 Å². The van der Waals surface area contributed by atoms with E-state index >= 15 is 0 Å². The molecule has 0 aromatic heterocycles. The average Bonchev–Trinajstić information content (AvgIpc) is 2.48. The number of hydrogen-bond acceptors (Lipinski definition) is 2. The monoisotopic (exact) mass is 265 g/mol. The van der Waals surface area contributed by atoms with Crippen molar-refractivity contribution in [1.29, 1.82) is 0 Å². The number of carboxylic acid groups (broad SMARTS) is 1. The normalized spacial score (nSPS) is 12.9. The standard InChI is InChI=1S/C18H18O2/c1-14(18(19)20)12-17(16-10-6-3-7-11-16)13-15-8-4-2-5-9-15/h2-12,17H,13H2,1H3,(H,19,20)/p-1/b14-12+. The van der Waals surface area contributed by atoms with Crippen molar-refractivity contribution >= 4 is 5.97 Å². The molecule has 0 saturated heterocycles. The van der Waals surface area contributed by atoms with Gasteiger partial charge in [0, 0.05) is 5.92 Å². The highest BCUT2D eigenvalue weighted by molar-refractivity contribution is 5.84. The minimum absolute atomic E-state index is 0.0384. The zero-order chi connectivity index (χ0) is 14.4. The third-order valence-corrected chi connectivity index (χ3v) is 3.30. The molecule has 0 amide bonds. The van der Waals surface area contributed by atoms with E-state index in [9.17, 15) is 9.90 Å². The summed E-state index contributed by atoms with van der Waals surface area (Å²) in [7, 11) is 0. The molecule has 2 rings (SSSR count). The van der Waals surface area contributed by atoms with Gasteiger partial charge in [-0.05, 0) is 30.0 Å². The van der Waals surface area contributed by atoms with Crippen molar-refractivity contribution in [2.75, 3.05) is 0 Å². The van der Waals surface area contributed by atoms with Gasteiger partial charge >= 0.3 is 0 Å². The number of aliphatic carboxylic acids is 1. The van der Waals surface area contributed by atoms with Gasteiger partial charge in [-0.15, -0.1) is 0 Å². The molecule has 20 heavy (non-hydrogen) atoms. The topological polar surface area (TPSA) is 40.1 Å². The molecule has 0 saturated carbocycles. The quantitative estimate of drug-likeness (QED) is 0.780. The Balaban J connectivity index is 2.30. The Morgan fingerprint density at radius 2 is 1.60 bits per heavy atom. The Hall–Kier alpha value is -2.35. The smallest absolute Gasteiger partial charge is 0.0669 e. The molecule has 0 fully saturated rings. The third kappa shape index (κ3) is 3.82. The van der Waals surface area contributed by atoms with Crippen molar-refractivity contribution in [3.8, 4) is 0 Å². The van der Waals surface area contributed by atoms with Gasteiger partial charge in [0.25, 0.3) is 0 Å². The predicted octanol–water partition coefficient (Wildman–Crippen LogP) is 2.71. The van der Waals surface area contributed by atoms with Crippen LogP contribution in [0.4, 0.5) is 0 Å². The lowest BCUT2D eigenvalue weighted by Gasteiger charge is -2.15. The van der Waals surface area contributed by atoms with Crippen molar-refractivity contribution in [3.05, 3.63) is 83.4 Å². The highest BCUT2D eigenvalue weighted by atomic mass is 16.4. The summed E-state index contributed by atoms with van der Waals surface area (Å²) in [4.78, 5) is 10.9. The molecule has 0 heterocycles. The second-order valence-electron chi connectivity index (χ2n) is 4.84. The zero-order valence-corrected chi connectivity index (χ0v) is 11.5. The van der Waals surface area contributed by atoms with Crippen LogP contribution >= 0.6 is 0 Å². The van der Waals surface area contributed by atoms with Gasteiger partial charge in [0.1, 0.15) is 0 Å². The van der Waals surface area contributed by atoms with E-state index in [1.54, 1.807) is 13.0 Å². The average molecular weight is 265 g/mol. The summed E-state index contributed by atoms with van der Waals surface area (Å²) in [5, 5.41) is 10.9. The molecule has 0 bridgehead atoms. The van der Waals surface area contributed by atoms with E-state index in [1.807, 2.05) is 48.5 Å². The van der Waals surface area contributed by atoms with E-state index in [0.29, 0.717) is 0 Å². The molecule has 0 aliphatic carbocycles. The molecule has 102 valence electrons. The molecule has 2 nitrogen and oxygen atoms in total. The Kier molecular flexibility index (Phi) is 4.72. The first kappa shape index (κ1) is 14.1. The van der Waals surface area contributed by atoms with Crippen LogP contribution in [0.1, 0.15) is 24.0 Å².